The quantitative estimate of drug-likeness (QED) is 0.537. The lowest BCUT2D eigenvalue weighted by Gasteiger charge is -1.98. The lowest BCUT2D eigenvalue weighted by atomic mass is 10.3. The van der Waals surface area contributed by atoms with Crippen molar-refractivity contribution in [2.75, 3.05) is 6.54 Å². The van der Waals surface area contributed by atoms with Gasteiger partial charge in [-0.15, -0.1) is 0 Å². The first-order valence-corrected chi connectivity index (χ1v) is 5.75. The Morgan fingerprint density at radius 1 is 1.48 bits per heavy atom. The first-order valence-electron chi connectivity index (χ1n) is 5.75. The molecule has 0 aliphatic heterocycles. The molecule has 0 saturated heterocycles. The standard InChI is InChI=1S/C11H12N6O3.ClH/c1-16-7-13-11(15-16)8-2-3-17(14-4-8)6-9(18)12-5-10(19)20;/h2-4,7H,5-6H2,1H3,(H-,12,18,19,20);1H. The number of carbonyl (C=O) groups is 2. The number of aryl methyl sites for hydroxylation is 1. The minimum Gasteiger partial charge on any atom is -1.00 e. The number of hydrogen-bond donors (Lipinski definition) is 2. The third-order valence-corrected chi connectivity index (χ3v) is 2.37. The zero-order valence-electron chi connectivity index (χ0n) is 11.1. The molecule has 0 radical (unpaired) electrons. The summed E-state index contributed by atoms with van der Waals surface area (Å²) in [7, 11) is 1.76. The van der Waals surface area contributed by atoms with Crippen molar-refractivity contribution in [1.82, 2.24) is 25.2 Å². The van der Waals surface area contributed by atoms with Crippen molar-refractivity contribution in [3.63, 3.8) is 0 Å². The summed E-state index contributed by atoms with van der Waals surface area (Å²) in [6.07, 6.45) is 4.72. The molecular weight excluding hydrogens is 300 g/mol. The molecule has 10 heteroatoms. The van der Waals surface area contributed by atoms with Crippen LogP contribution < -0.4 is 22.4 Å². The van der Waals surface area contributed by atoms with Crippen molar-refractivity contribution in [1.29, 1.82) is 0 Å². The van der Waals surface area contributed by atoms with Crippen LogP contribution in [-0.2, 0) is 23.2 Å². The second-order valence-electron chi connectivity index (χ2n) is 4.03. The summed E-state index contributed by atoms with van der Waals surface area (Å²) in [5.41, 5.74) is 0.729. The first-order chi connectivity index (χ1) is 9.54. The van der Waals surface area contributed by atoms with E-state index in [1.165, 1.54) is 4.68 Å². The van der Waals surface area contributed by atoms with Crippen LogP contribution in [0.1, 0.15) is 0 Å². The molecule has 1 amide bonds. The lowest BCUT2D eigenvalue weighted by molar-refractivity contribution is -0.742. The van der Waals surface area contributed by atoms with E-state index in [1.54, 1.807) is 36.5 Å². The fourth-order valence-corrected chi connectivity index (χ4v) is 1.46. The molecule has 0 bridgehead atoms. The van der Waals surface area contributed by atoms with E-state index in [0.29, 0.717) is 5.82 Å². The number of carbonyl (C=O) groups excluding carboxylic acids is 1. The monoisotopic (exact) mass is 312 g/mol. The summed E-state index contributed by atoms with van der Waals surface area (Å²) in [6, 6.07) is 1.73. The van der Waals surface area contributed by atoms with Gasteiger partial charge >= 0.3 is 5.97 Å². The fourth-order valence-electron chi connectivity index (χ4n) is 1.46. The van der Waals surface area contributed by atoms with Crippen LogP contribution in [0.5, 0.6) is 0 Å². The van der Waals surface area contributed by atoms with Crippen molar-refractivity contribution >= 4 is 11.9 Å². The Bertz CT molecular complexity index is 627. The molecule has 0 spiro atoms. The topological polar surface area (TPSA) is 114 Å². The maximum atomic E-state index is 11.4. The van der Waals surface area contributed by atoms with E-state index in [9.17, 15) is 9.59 Å². The molecule has 2 rings (SSSR count). The van der Waals surface area contributed by atoms with Crippen molar-refractivity contribution in [3.8, 4) is 11.4 Å². The molecule has 0 aliphatic carbocycles. The van der Waals surface area contributed by atoms with Gasteiger partial charge in [0, 0.05) is 13.1 Å². The summed E-state index contributed by atoms with van der Waals surface area (Å²) in [6.45, 7) is -0.460. The van der Waals surface area contributed by atoms with Crippen molar-refractivity contribution in [2.45, 2.75) is 6.54 Å². The summed E-state index contributed by atoms with van der Waals surface area (Å²) >= 11 is 0. The highest BCUT2D eigenvalue weighted by atomic mass is 35.5. The van der Waals surface area contributed by atoms with E-state index in [4.69, 9.17) is 5.11 Å². The number of carboxylic acid groups (broad SMARTS) is 1. The molecule has 0 fully saturated rings. The van der Waals surface area contributed by atoms with Crippen LogP contribution in [0, 0.1) is 0 Å². The molecule has 2 N–H and O–H groups in total. The molecular formula is C11H13ClN6O3. The predicted octanol–water partition coefficient (Wildman–Crippen LogP) is -4.63. The van der Waals surface area contributed by atoms with Crippen molar-refractivity contribution < 1.29 is 31.8 Å². The molecule has 0 atom stereocenters. The maximum absolute atomic E-state index is 11.4. The highest BCUT2D eigenvalue weighted by Gasteiger charge is 2.13. The van der Waals surface area contributed by atoms with Crippen LogP contribution in [0.3, 0.4) is 0 Å². The number of carboxylic acids is 1. The van der Waals surface area contributed by atoms with Crippen molar-refractivity contribution in [3.05, 3.63) is 24.8 Å². The Hall–Kier alpha value is -2.55. The van der Waals surface area contributed by atoms with Gasteiger partial charge in [-0.3, -0.25) is 14.3 Å². The molecule has 2 heterocycles. The molecule has 0 saturated carbocycles. The number of amides is 1. The Morgan fingerprint density at radius 2 is 2.24 bits per heavy atom. The van der Waals surface area contributed by atoms with Crippen molar-refractivity contribution in [2.24, 2.45) is 7.05 Å². The number of nitrogens with one attached hydrogen (secondary N) is 1. The van der Waals surface area contributed by atoms with E-state index >= 15 is 0 Å². The Labute approximate surface area is 126 Å². The van der Waals surface area contributed by atoms with Crippen LogP contribution in [0.25, 0.3) is 11.4 Å². The number of hydrogen-bond acceptors (Lipinski definition) is 5. The van der Waals surface area contributed by atoms with Crippen LogP contribution in [0.15, 0.2) is 24.8 Å². The first kappa shape index (κ1) is 16.5. The van der Waals surface area contributed by atoms with Gasteiger partial charge in [-0.25, -0.2) is 4.98 Å². The van der Waals surface area contributed by atoms with E-state index in [-0.39, 0.29) is 19.0 Å². The summed E-state index contributed by atoms with van der Waals surface area (Å²) in [5.74, 6) is -0.969. The van der Waals surface area contributed by atoms with Gasteiger partial charge < -0.3 is 22.8 Å². The third-order valence-electron chi connectivity index (χ3n) is 2.37. The summed E-state index contributed by atoms with van der Waals surface area (Å²) < 4.78 is 2.97. The second kappa shape index (κ2) is 7.29. The number of aliphatic carboxylic acids is 1. The second-order valence-corrected chi connectivity index (χ2v) is 4.03. The fraction of sp³-hybridized carbons (Fsp3) is 0.273. The molecule has 2 aromatic heterocycles. The van der Waals surface area contributed by atoms with Gasteiger partial charge in [0.1, 0.15) is 19.1 Å². The number of rotatable bonds is 5. The molecule has 21 heavy (non-hydrogen) atoms. The molecule has 2 aromatic rings. The number of aromatic nitrogens is 5. The van der Waals surface area contributed by atoms with Gasteiger partial charge in [0.2, 0.25) is 0 Å². The molecule has 9 nitrogen and oxygen atoms in total. The minimum atomic E-state index is -1.09. The smallest absolute Gasteiger partial charge is 0.322 e. The molecule has 0 aromatic carbocycles. The normalized spacial score (nSPS) is 9.76. The predicted molar refractivity (Wildman–Crippen MR) is 65.1 cm³/mol. The van der Waals surface area contributed by atoms with Crippen LogP contribution in [0.4, 0.5) is 0 Å². The van der Waals surface area contributed by atoms with Crippen LogP contribution in [-0.4, -0.2) is 43.4 Å². The maximum Gasteiger partial charge on any atom is 0.322 e. The largest absolute Gasteiger partial charge is 1.00 e. The molecule has 0 unspecified atom stereocenters. The van der Waals surface area contributed by atoms with Crippen LogP contribution in [0.2, 0.25) is 0 Å². The summed E-state index contributed by atoms with van der Waals surface area (Å²) in [4.78, 5) is 25.8. The van der Waals surface area contributed by atoms with Gasteiger partial charge in [-0.05, 0) is 5.10 Å². The Kier molecular flexibility index (Phi) is 5.73. The number of nitrogens with zero attached hydrogens (tertiary/aromatic N) is 5. The Balaban J connectivity index is 0.00000220. The minimum absolute atomic E-state index is 0. The zero-order valence-corrected chi connectivity index (χ0v) is 11.9. The third kappa shape index (κ3) is 4.80. The van der Waals surface area contributed by atoms with Gasteiger partial charge in [0.15, 0.2) is 12.0 Å². The molecule has 0 aliphatic rings. The number of halogens is 1. The lowest BCUT2D eigenvalue weighted by Crippen LogP contribution is -3.00. The Morgan fingerprint density at radius 3 is 2.76 bits per heavy atom. The highest BCUT2D eigenvalue weighted by Crippen LogP contribution is 2.09. The zero-order chi connectivity index (χ0) is 14.5. The van der Waals surface area contributed by atoms with Crippen LogP contribution >= 0.6 is 0 Å². The average Bonchev–Trinajstić information content (AvgIpc) is 2.84. The highest BCUT2D eigenvalue weighted by molar-refractivity contribution is 5.80. The van der Waals surface area contributed by atoms with Gasteiger partial charge in [-0.1, -0.05) is 4.68 Å². The van der Waals surface area contributed by atoms with Gasteiger partial charge in [-0.2, -0.15) is 5.10 Å². The SMILES string of the molecule is Cn1cnc(-c2cc[n+](CC(=O)NCC(=O)O)nc2)n1.[Cl-]. The van der Waals surface area contributed by atoms with E-state index < -0.39 is 18.4 Å². The molecule has 112 valence electrons. The van der Waals surface area contributed by atoms with E-state index in [0.717, 1.165) is 5.56 Å². The van der Waals surface area contributed by atoms with E-state index in [1.807, 2.05) is 0 Å². The summed E-state index contributed by atoms with van der Waals surface area (Å²) in [5, 5.41) is 18.9. The average molecular weight is 313 g/mol. The van der Waals surface area contributed by atoms with Gasteiger partial charge in [0.25, 0.3) is 12.5 Å². The van der Waals surface area contributed by atoms with Gasteiger partial charge in [0.05, 0.1) is 5.56 Å². The van der Waals surface area contributed by atoms with E-state index in [2.05, 4.69) is 20.5 Å².